The van der Waals surface area contributed by atoms with E-state index in [2.05, 4.69) is 4.98 Å². The SMILES string of the molecule is CC1(C)[C@H](/C=C(\Cl)C(F)F)[C@@H]1C(=O)Cc1ccc[nH]1. The van der Waals surface area contributed by atoms with E-state index in [4.69, 9.17) is 11.6 Å². The summed E-state index contributed by atoms with van der Waals surface area (Å²) in [7, 11) is 0. The van der Waals surface area contributed by atoms with Crippen molar-refractivity contribution in [2.45, 2.75) is 26.7 Å². The Labute approximate surface area is 115 Å². The number of nitrogens with one attached hydrogen (secondary N) is 1. The third-order valence-corrected chi connectivity index (χ3v) is 4.12. The van der Waals surface area contributed by atoms with Gasteiger partial charge in [-0.15, -0.1) is 0 Å². The van der Waals surface area contributed by atoms with E-state index in [1.54, 1.807) is 6.20 Å². The minimum absolute atomic E-state index is 0.0624. The van der Waals surface area contributed by atoms with Gasteiger partial charge in [-0.2, -0.15) is 0 Å². The number of ketones is 1. The first-order valence-electron chi connectivity index (χ1n) is 6.14. The van der Waals surface area contributed by atoms with E-state index in [0.717, 1.165) is 5.69 Å². The molecule has 0 unspecified atom stereocenters. The molecule has 0 radical (unpaired) electrons. The van der Waals surface area contributed by atoms with Crippen molar-refractivity contribution in [3.05, 3.63) is 35.1 Å². The van der Waals surface area contributed by atoms with Gasteiger partial charge in [0.15, 0.2) is 0 Å². The highest BCUT2D eigenvalue weighted by Crippen LogP contribution is 2.60. The van der Waals surface area contributed by atoms with Crippen LogP contribution in [0.2, 0.25) is 0 Å². The van der Waals surface area contributed by atoms with Gasteiger partial charge in [-0.1, -0.05) is 31.5 Å². The minimum Gasteiger partial charge on any atom is -0.365 e. The first-order valence-corrected chi connectivity index (χ1v) is 6.52. The Morgan fingerprint density at radius 3 is 2.79 bits per heavy atom. The number of aromatic nitrogens is 1. The minimum atomic E-state index is -2.67. The van der Waals surface area contributed by atoms with Crippen LogP contribution in [-0.2, 0) is 11.2 Å². The van der Waals surface area contributed by atoms with Crippen LogP contribution in [0, 0.1) is 17.3 Å². The quantitative estimate of drug-likeness (QED) is 0.878. The van der Waals surface area contributed by atoms with Gasteiger partial charge in [0, 0.05) is 24.2 Å². The summed E-state index contributed by atoms with van der Waals surface area (Å²) in [5, 5.41) is -0.465. The Balaban J connectivity index is 2.05. The molecular formula is C14H16ClF2NO. The average Bonchev–Trinajstić information content (AvgIpc) is 2.67. The van der Waals surface area contributed by atoms with Crippen LogP contribution in [0.15, 0.2) is 29.4 Å². The van der Waals surface area contributed by atoms with Crippen LogP contribution in [0.5, 0.6) is 0 Å². The second kappa shape index (κ2) is 5.08. The third kappa shape index (κ3) is 2.89. The summed E-state index contributed by atoms with van der Waals surface area (Å²) in [6, 6.07) is 3.66. The molecule has 1 aliphatic carbocycles. The highest BCUT2D eigenvalue weighted by atomic mass is 35.5. The molecule has 2 atom stereocenters. The highest BCUT2D eigenvalue weighted by molar-refractivity contribution is 6.30. The van der Waals surface area contributed by atoms with E-state index in [-0.39, 0.29) is 23.0 Å². The summed E-state index contributed by atoms with van der Waals surface area (Å²) in [4.78, 5) is 15.1. The van der Waals surface area contributed by atoms with Crippen LogP contribution in [-0.4, -0.2) is 17.2 Å². The zero-order chi connectivity index (χ0) is 14.2. The molecule has 2 nitrogen and oxygen atoms in total. The second-order valence-electron chi connectivity index (χ2n) is 5.52. The van der Waals surface area contributed by atoms with Gasteiger partial charge in [-0.25, -0.2) is 8.78 Å². The van der Waals surface area contributed by atoms with Gasteiger partial charge in [-0.3, -0.25) is 4.79 Å². The van der Waals surface area contributed by atoms with Crippen molar-refractivity contribution in [3.63, 3.8) is 0 Å². The van der Waals surface area contributed by atoms with Gasteiger partial charge in [0.1, 0.15) is 5.78 Å². The monoisotopic (exact) mass is 287 g/mol. The molecule has 0 aliphatic heterocycles. The Morgan fingerprint density at radius 1 is 1.58 bits per heavy atom. The van der Waals surface area contributed by atoms with Gasteiger partial charge >= 0.3 is 0 Å². The van der Waals surface area contributed by atoms with Crippen molar-refractivity contribution >= 4 is 17.4 Å². The molecule has 1 heterocycles. The van der Waals surface area contributed by atoms with Crippen molar-refractivity contribution in [3.8, 4) is 0 Å². The lowest BCUT2D eigenvalue weighted by Crippen LogP contribution is -2.09. The van der Waals surface area contributed by atoms with Crippen LogP contribution < -0.4 is 0 Å². The zero-order valence-electron chi connectivity index (χ0n) is 10.8. The molecule has 2 rings (SSSR count). The Kier molecular flexibility index (Phi) is 3.81. The van der Waals surface area contributed by atoms with Crippen molar-refractivity contribution < 1.29 is 13.6 Å². The molecule has 0 bridgehead atoms. The van der Waals surface area contributed by atoms with Gasteiger partial charge < -0.3 is 4.98 Å². The number of hydrogen-bond acceptors (Lipinski definition) is 1. The number of rotatable bonds is 5. The fraction of sp³-hybridized carbons (Fsp3) is 0.500. The first kappa shape index (κ1) is 14.3. The fourth-order valence-corrected chi connectivity index (χ4v) is 2.76. The maximum atomic E-state index is 12.4. The van der Waals surface area contributed by atoms with E-state index in [1.165, 1.54) is 6.08 Å². The lowest BCUT2D eigenvalue weighted by atomic mass is 10.0. The van der Waals surface area contributed by atoms with Gasteiger partial charge in [0.2, 0.25) is 0 Å². The second-order valence-corrected chi connectivity index (χ2v) is 5.95. The molecule has 19 heavy (non-hydrogen) atoms. The van der Waals surface area contributed by atoms with Gasteiger partial charge in [0.25, 0.3) is 6.43 Å². The molecule has 1 N–H and O–H groups in total. The molecule has 5 heteroatoms. The first-order chi connectivity index (χ1) is 8.84. The molecule has 104 valence electrons. The average molecular weight is 288 g/mol. The van der Waals surface area contributed by atoms with Crippen molar-refractivity contribution in [1.82, 2.24) is 4.98 Å². The summed E-state index contributed by atoms with van der Waals surface area (Å²) < 4.78 is 24.8. The Bertz CT molecular complexity index is 494. The lowest BCUT2D eigenvalue weighted by molar-refractivity contribution is -0.120. The van der Waals surface area contributed by atoms with Crippen molar-refractivity contribution in [2.75, 3.05) is 0 Å². The number of Topliss-reactive ketones (excluding diaryl/α,β-unsaturated/α-hetero) is 1. The maximum Gasteiger partial charge on any atom is 0.273 e. The summed E-state index contributed by atoms with van der Waals surface area (Å²) in [6.45, 7) is 3.81. The van der Waals surface area contributed by atoms with Crippen molar-refractivity contribution in [1.29, 1.82) is 0 Å². The number of alkyl halides is 2. The van der Waals surface area contributed by atoms with E-state index in [9.17, 15) is 13.6 Å². The van der Waals surface area contributed by atoms with E-state index >= 15 is 0 Å². The predicted octanol–water partition coefficient (Wildman–Crippen LogP) is 3.79. The standard InChI is InChI=1S/C14H16ClF2NO/c1-14(2)9(7-10(15)13(16)17)12(14)11(19)6-8-4-3-5-18-8/h3-5,7,9,12-13,18H,6H2,1-2H3/b10-7-/t9-,12-/m1/s1. The van der Waals surface area contributed by atoms with Crippen molar-refractivity contribution in [2.24, 2.45) is 17.3 Å². The molecule has 1 aromatic heterocycles. The molecule has 1 fully saturated rings. The van der Waals surface area contributed by atoms with Gasteiger partial charge in [-0.05, 0) is 23.5 Å². The summed E-state index contributed by atoms with van der Waals surface area (Å²) in [5.41, 5.74) is 0.550. The van der Waals surface area contributed by atoms with Crippen LogP contribution in [0.3, 0.4) is 0 Å². The van der Waals surface area contributed by atoms with E-state index in [0.29, 0.717) is 6.42 Å². The van der Waals surface area contributed by atoms with Crippen LogP contribution in [0.4, 0.5) is 8.78 Å². The molecule has 0 amide bonds. The predicted molar refractivity (Wildman–Crippen MR) is 70.2 cm³/mol. The Hall–Kier alpha value is -1.16. The summed E-state index contributed by atoms with van der Waals surface area (Å²) in [5.74, 6) is -0.368. The number of halogens is 3. The number of aromatic amines is 1. The van der Waals surface area contributed by atoms with E-state index < -0.39 is 11.5 Å². The van der Waals surface area contributed by atoms with Crippen LogP contribution >= 0.6 is 11.6 Å². The largest absolute Gasteiger partial charge is 0.365 e. The molecule has 1 saturated carbocycles. The topological polar surface area (TPSA) is 32.9 Å². The number of carbonyl (C=O) groups excluding carboxylic acids is 1. The summed E-state index contributed by atoms with van der Waals surface area (Å²) >= 11 is 5.48. The number of hydrogen-bond donors (Lipinski definition) is 1. The number of carbonyl (C=O) groups is 1. The molecule has 0 saturated heterocycles. The molecule has 1 aliphatic rings. The van der Waals surface area contributed by atoms with Crippen LogP contribution in [0.1, 0.15) is 19.5 Å². The smallest absolute Gasteiger partial charge is 0.273 e. The maximum absolute atomic E-state index is 12.4. The number of H-pyrrole nitrogens is 1. The lowest BCUT2D eigenvalue weighted by Gasteiger charge is -2.00. The molecule has 0 aromatic carbocycles. The zero-order valence-corrected chi connectivity index (χ0v) is 11.5. The normalized spacial score (nSPS) is 25.7. The molecule has 0 spiro atoms. The Morgan fingerprint density at radius 2 is 2.26 bits per heavy atom. The number of allylic oxidation sites excluding steroid dienone is 2. The summed E-state index contributed by atoms with van der Waals surface area (Å²) in [6.07, 6.45) is 0.727. The van der Waals surface area contributed by atoms with E-state index in [1.807, 2.05) is 26.0 Å². The third-order valence-electron chi connectivity index (χ3n) is 3.83. The van der Waals surface area contributed by atoms with Gasteiger partial charge in [0.05, 0.1) is 5.03 Å². The fourth-order valence-electron chi connectivity index (χ4n) is 2.62. The highest BCUT2D eigenvalue weighted by Gasteiger charge is 2.60. The van der Waals surface area contributed by atoms with Crippen LogP contribution in [0.25, 0.3) is 0 Å². The molecule has 1 aromatic rings. The molecular weight excluding hydrogens is 272 g/mol.